The number of piperazine rings is 1. The second-order valence-electron chi connectivity index (χ2n) is 8.21. The van der Waals surface area contributed by atoms with Gasteiger partial charge in [-0.2, -0.15) is 0 Å². The molecular formula is C22H30N2O4. The zero-order chi connectivity index (χ0) is 20.1. The number of carbonyl (C=O) groups is 2. The quantitative estimate of drug-likeness (QED) is 0.611. The predicted octanol–water partition coefficient (Wildman–Crippen LogP) is 2.48. The summed E-state index contributed by atoms with van der Waals surface area (Å²) in [7, 11) is 0. The van der Waals surface area contributed by atoms with Crippen molar-refractivity contribution < 1.29 is 19.8 Å². The summed E-state index contributed by atoms with van der Waals surface area (Å²) in [4.78, 5) is 23.5. The molecule has 2 fully saturated rings. The summed E-state index contributed by atoms with van der Waals surface area (Å²) in [6.45, 7) is 9.57. The first-order valence-electron chi connectivity index (χ1n) is 10.1. The SMILES string of the molecule is Cc1ccc(CN2CCN(CC3CC4C=CC3C4)CC2)cc1.O=C(O)C(=O)O. The van der Waals surface area contributed by atoms with Gasteiger partial charge in [0.1, 0.15) is 0 Å². The van der Waals surface area contributed by atoms with Crippen molar-refractivity contribution in [2.45, 2.75) is 26.3 Å². The summed E-state index contributed by atoms with van der Waals surface area (Å²) in [6.07, 6.45) is 7.84. The van der Waals surface area contributed by atoms with Crippen LogP contribution in [-0.4, -0.2) is 64.7 Å². The Bertz CT molecular complexity index is 696. The summed E-state index contributed by atoms with van der Waals surface area (Å²) in [5.41, 5.74) is 2.81. The minimum absolute atomic E-state index is 0.899. The van der Waals surface area contributed by atoms with Crippen LogP contribution in [0.15, 0.2) is 36.4 Å². The third-order valence-corrected chi connectivity index (χ3v) is 6.08. The minimum Gasteiger partial charge on any atom is -0.473 e. The van der Waals surface area contributed by atoms with Crippen LogP contribution in [0.3, 0.4) is 0 Å². The zero-order valence-corrected chi connectivity index (χ0v) is 16.5. The van der Waals surface area contributed by atoms with E-state index in [0.717, 1.165) is 24.3 Å². The highest BCUT2D eigenvalue weighted by molar-refractivity contribution is 6.27. The molecule has 1 saturated heterocycles. The second kappa shape index (κ2) is 9.34. The molecule has 0 amide bonds. The number of allylic oxidation sites excluding steroid dienone is 2. The number of hydrogen-bond acceptors (Lipinski definition) is 4. The Morgan fingerprint density at radius 3 is 2.04 bits per heavy atom. The molecule has 0 aromatic heterocycles. The molecule has 4 rings (SSSR count). The van der Waals surface area contributed by atoms with Crippen molar-refractivity contribution in [3.8, 4) is 0 Å². The van der Waals surface area contributed by atoms with Crippen LogP contribution in [0.1, 0.15) is 24.0 Å². The maximum atomic E-state index is 9.10. The summed E-state index contributed by atoms with van der Waals surface area (Å²) < 4.78 is 0. The zero-order valence-electron chi connectivity index (χ0n) is 16.5. The Balaban J connectivity index is 0.000000330. The van der Waals surface area contributed by atoms with Crippen molar-refractivity contribution in [2.75, 3.05) is 32.7 Å². The predicted molar refractivity (Wildman–Crippen MR) is 107 cm³/mol. The lowest BCUT2D eigenvalue weighted by atomic mass is 9.93. The van der Waals surface area contributed by atoms with Gasteiger partial charge >= 0.3 is 11.9 Å². The van der Waals surface area contributed by atoms with Gasteiger partial charge in [0.2, 0.25) is 0 Å². The lowest BCUT2D eigenvalue weighted by Gasteiger charge is -2.37. The van der Waals surface area contributed by atoms with E-state index < -0.39 is 11.9 Å². The molecule has 6 nitrogen and oxygen atoms in total. The molecule has 1 aliphatic heterocycles. The van der Waals surface area contributed by atoms with Crippen LogP contribution in [0.25, 0.3) is 0 Å². The molecule has 152 valence electrons. The van der Waals surface area contributed by atoms with Crippen molar-refractivity contribution in [3.05, 3.63) is 47.5 Å². The molecule has 0 spiro atoms. The van der Waals surface area contributed by atoms with Crippen LogP contribution in [0.5, 0.6) is 0 Å². The van der Waals surface area contributed by atoms with E-state index in [-0.39, 0.29) is 0 Å². The summed E-state index contributed by atoms with van der Waals surface area (Å²) >= 11 is 0. The van der Waals surface area contributed by atoms with E-state index >= 15 is 0 Å². The highest BCUT2D eigenvalue weighted by Crippen LogP contribution is 2.43. The smallest absolute Gasteiger partial charge is 0.414 e. The van der Waals surface area contributed by atoms with Gasteiger partial charge in [-0.3, -0.25) is 4.90 Å². The molecule has 3 atom stereocenters. The molecule has 3 aliphatic rings. The van der Waals surface area contributed by atoms with Crippen molar-refractivity contribution in [1.82, 2.24) is 9.80 Å². The Labute approximate surface area is 166 Å². The molecule has 1 aromatic carbocycles. The van der Waals surface area contributed by atoms with Crippen LogP contribution >= 0.6 is 0 Å². The number of rotatable bonds is 4. The number of aliphatic carboxylic acids is 2. The van der Waals surface area contributed by atoms with Crippen LogP contribution in [-0.2, 0) is 16.1 Å². The van der Waals surface area contributed by atoms with E-state index in [0.29, 0.717) is 0 Å². The van der Waals surface area contributed by atoms with Gasteiger partial charge in [-0.1, -0.05) is 42.0 Å². The number of nitrogens with zero attached hydrogens (tertiary/aromatic N) is 2. The largest absolute Gasteiger partial charge is 0.473 e. The summed E-state index contributed by atoms with van der Waals surface area (Å²) in [6, 6.07) is 9.02. The van der Waals surface area contributed by atoms with Gasteiger partial charge < -0.3 is 15.1 Å². The molecule has 1 heterocycles. The number of hydrogen-bond donors (Lipinski definition) is 2. The monoisotopic (exact) mass is 386 g/mol. The van der Waals surface area contributed by atoms with E-state index in [1.807, 2.05) is 0 Å². The topological polar surface area (TPSA) is 81.1 Å². The molecule has 0 radical (unpaired) electrons. The Kier molecular flexibility index (Phi) is 6.86. The molecule has 6 heteroatoms. The van der Waals surface area contributed by atoms with Crippen LogP contribution < -0.4 is 0 Å². The summed E-state index contributed by atoms with van der Waals surface area (Å²) in [5, 5.41) is 14.8. The average molecular weight is 386 g/mol. The van der Waals surface area contributed by atoms with Gasteiger partial charge in [-0.05, 0) is 43.1 Å². The molecule has 3 unspecified atom stereocenters. The molecule has 1 saturated carbocycles. The Morgan fingerprint density at radius 1 is 0.929 bits per heavy atom. The van der Waals surface area contributed by atoms with Crippen molar-refractivity contribution in [1.29, 1.82) is 0 Å². The fraction of sp³-hybridized carbons (Fsp3) is 0.545. The van der Waals surface area contributed by atoms with Crippen LogP contribution in [0, 0.1) is 24.7 Å². The number of aryl methyl sites for hydroxylation is 1. The van der Waals surface area contributed by atoms with E-state index in [4.69, 9.17) is 19.8 Å². The van der Waals surface area contributed by atoms with Crippen molar-refractivity contribution in [2.24, 2.45) is 17.8 Å². The highest BCUT2D eigenvalue weighted by Gasteiger charge is 2.36. The van der Waals surface area contributed by atoms with E-state index in [9.17, 15) is 0 Å². The van der Waals surface area contributed by atoms with Crippen molar-refractivity contribution >= 4 is 11.9 Å². The molecule has 2 aliphatic carbocycles. The molecular weight excluding hydrogens is 356 g/mol. The number of carboxylic acid groups (broad SMARTS) is 2. The third kappa shape index (κ3) is 5.66. The van der Waals surface area contributed by atoms with Gasteiger partial charge in [0.25, 0.3) is 0 Å². The maximum absolute atomic E-state index is 9.10. The standard InChI is InChI=1S/C20H28N2.C2H2O4/c1-16-2-4-17(5-3-16)14-21-8-10-22(11-9-21)15-20-13-18-6-7-19(20)12-18;3-1(4)2(5)6/h2-7,18-20H,8-15H2,1H3;(H,3,4)(H,5,6). The lowest BCUT2D eigenvalue weighted by molar-refractivity contribution is -0.159. The molecule has 28 heavy (non-hydrogen) atoms. The lowest BCUT2D eigenvalue weighted by Crippen LogP contribution is -2.47. The normalized spacial score (nSPS) is 26.7. The fourth-order valence-corrected chi connectivity index (χ4v) is 4.52. The first-order chi connectivity index (χ1) is 13.4. The molecule has 1 aromatic rings. The second-order valence-corrected chi connectivity index (χ2v) is 8.21. The maximum Gasteiger partial charge on any atom is 0.414 e. The van der Waals surface area contributed by atoms with Gasteiger partial charge in [-0.25, -0.2) is 9.59 Å². The Morgan fingerprint density at radius 2 is 1.54 bits per heavy atom. The first-order valence-corrected chi connectivity index (χ1v) is 10.1. The highest BCUT2D eigenvalue weighted by atomic mass is 16.4. The number of fused-ring (bicyclic) bond motifs is 2. The van der Waals surface area contributed by atoms with Gasteiger partial charge in [0.05, 0.1) is 0 Å². The third-order valence-electron chi connectivity index (χ3n) is 6.08. The van der Waals surface area contributed by atoms with Crippen LogP contribution in [0.4, 0.5) is 0 Å². The van der Waals surface area contributed by atoms with E-state index in [2.05, 4.69) is 53.1 Å². The van der Waals surface area contributed by atoms with Gasteiger partial charge in [0, 0.05) is 39.3 Å². The molecule has 2 N–H and O–H groups in total. The minimum atomic E-state index is -1.82. The number of benzene rings is 1. The fourth-order valence-electron chi connectivity index (χ4n) is 4.52. The van der Waals surface area contributed by atoms with Crippen molar-refractivity contribution in [3.63, 3.8) is 0 Å². The van der Waals surface area contributed by atoms with Gasteiger partial charge in [0.15, 0.2) is 0 Å². The van der Waals surface area contributed by atoms with Crippen LogP contribution in [0.2, 0.25) is 0 Å². The van der Waals surface area contributed by atoms with Gasteiger partial charge in [-0.15, -0.1) is 0 Å². The average Bonchev–Trinajstić information content (AvgIpc) is 3.29. The Hall–Kier alpha value is -2.18. The van der Waals surface area contributed by atoms with E-state index in [1.165, 1.54) is 56.7 Å². The summed E-state index contributed by atoms with van der Waals surface area (Å²) in [5.74, 6) is -0.892. The first kappa shape index (κ1) is 20.6. The molecule has 2 bridgehead atoms. The van der Waals surface area contributed by atoms with E-state index in [1.54, 1.807) is 0 Å². The number of carboxylic acids is 2.